The molecule has 1 N–H and O–H groups in total. The van der Waals surface area contributed by atoms with Crippen LogP contribution in [0.3, 0.4) is 0 Å². The Morgan fingerprint density at radius 1 is 1.03 bits per heavy atom. The van der Waals surface area contributed by atoms with Crippen LogP contribution in [0, 0.1) is 24.1 Å². The molecule has 0 aliphatic carbocycles. The normalized spacial score (nSPS) is 10.8. The first kappa shape index (κ1) is 22.2. The second-order valence-corrected chi connectivity index (χ2v) is 6.77. The van der Waals surface area contributed by atoms with Gasteiger partial charge in [0.2, 0.25) is 0 Å². The highest BCUT2D eigenvalue weighted by atomic mass is 19.1. The van der Waals surface area contributed by atoms with E-state index < -0.39 is 17.7 Å². The van der Waals surface area contributed by atoms with Gasteiger partial charge in [-0.15, -0.1) is 0 Å². The molecule has 0 spiro atoms. The number of carbonyl (C=O) groups is 2. The number of nitrogens with zero attached hydrogens (tertiary/aromatic N) is 1. The fourth-order valence-electron chi connectivity index (χ4n) is 2.77. The van der Waals surface area contributed by atoms with Crippen LogP contribution in [0.5, 0.6) is 11.5 Å². The van der Waals surface area contributed by atoms with Gasteiger partial charge in [0.05, 0.1) is 18.4 Å². The molecule has 32 heavy (non-hydrogen) atoms. The van der Waals surface area contributed by atoms with Crippen molar-refractivity contribution in [3.8, 4) is 17.6 Å². The summed E-state index contributed by atoms with van der Waals surface area (Å²) in [7, 11) is 1.40. The molecule has 0 bridgehead atoms. The average molecular weight is 430 g/mol. The number of hydrogen-bond donors (Lipinski definition) is 1. The van der Waals surface area contributed by atoms with Crippen molar-refractivity contribution >= 4 is 23.6 Å². The fourth-order valence-corrected chi connectivity index (χ4v) is 2.77. The Morgan fingerprint density at radius 2 is 1.75 bits per heavy atom. The van der Waals surface area contributed by atoms with Gasteiger partial charge in [0.15, 0.2) is 11.5 Å². The SMILES string of the molecule is COc1cc(/C=C(\C#N)C(=O)Nc2ccccc2F)ccc1OC(=O)c1ccc(C)cc1. The van der Waals surface area contributed by atoms with Gasteiger partial charge in [0.25, 0.3) is 5.91 Å². The quantitative estimate of drug-likeness (QED) is 0.260. The maximum atomic E-state index is 13.8. The third kappa shape index (κ3) is 5.37. The lowest BCUT2D eigenvalue weighted by Gasteiger charge is -2.10. The molecule has 0 saturated heterocycles. The third-order valence-corrected chi connectivity index (χ3v) is 4.48. The molecule has 0 aliphatic rings. The number of halogens is 1. The number of para-hydroxylation sites is 1. The number of rotatable bonds is 6. The Bertz CT molecular complexity index is 1230. The second kappa shape index (κ2) is 10.0. The van der Waals surface area contributed by atoms with Gasteiger partial charge in [-0.1, -0.05) is 35.9 Å². The highest BCUT2D eigenvalue weighted by Crippen LogP contribution is 2.30. The number of methoxy groups -OCH3 is 1. The van der Waals surface area contributed by atoms with Gasteiger partial charge in [0.1, 0.15) is 17.5 Å². The van der Waals surface area contributed by atoms with Gasteiger partial charge in [-0.3, -0.25) is 4.79 Å². The van der Waals surface area contributed by atoms with E-state index >= 15 is 0 Å². The van der Waals surface area contributed by atoms with E-state index in [1.54, 1.807) is 42.5 Å². The Kier molecular flexibility index (Phi) is 6.99. The van der Waals surface area contributed by atoms with E-state index in [0.29, 0.717) is 11.1 Å². The van der Waals surface area contributed by atoms with Crippen LogP contribution >= 0.6 is 0 Å². The van der Waals surface area contributed by atoms with Crippen molar-refractivity contribution in [1.29, 1.82) is 5.26 Å². The van der Waals surface area contributed by atoms with Crippen molar-refractivity contribution in [2.24, 2.45) is 0 Å². The van der Waals surface area contributed by atoms with E-state index in [1.165, 1.54) is 43.5 Å². The van der Waals surface area contributed by atoms with E-state index in [-0.39, 0.29) is 22.8 Å². The Labute approximate surface area is 184 Å². The minimum atomic E-state index is -0.758. The summed E-state index contributed by atoms with van der Waals surface area (Å²) in [6.45, 7) is 1.91. The van der Waals surface area contributed by atoms with Gasteiger partial charge < -0.3 is 14.8 Å². The topological polar surface area (TPSA) is 88.4 Å². The molecule has 1 amide bonds. The first-order chi connectivity index (χ1) is 15.4. The van der Waals surface area contributed by atoms with Gasteiger partial charge in [0, 0.05) is 0 Å². The summed E-state index contributed by atoms with van der Waals surface area (Å²) in [4.78, 5) is 24.8. The van der Waals surface area contributed by atoms with Crippen molar-refractivity contribution in [3.05, 3.63) is 94.8 Å². The van der Waals surface area contributed by atoms with Gasteiger partial charge in [-0.25, -0.2) is 9.18 Å². The van der Waals surface area contributed by atoms with Gasteiger partial charge in [-0.05, 0) is 55.0 Å². The maximum Gasteiger partial charge on any atom is 0.343 e. The second-order valence-electron chi connectivity index (χ2n) is 6.77. The number of carbonyl (C=O) groups excluding carboxylic acids is 2. The number of amides is 1. The molecule has 0 unspecified atom stereocenters. The summed E-state index contributed by atoms with van der Waals surface area (Å²) in [5.41, 5.74) is 1.59. The molecular weight excluding hydrogens is 411 g/mol. The van der Waals surface area contributed by atoms with Crippen LogP contribution in [0.1, 0.15) is 21.5 Å². The zero-order chi connectivity index (χ0) is 23.1. The molecule has 3 aromatic carbocycles. The first-order valence-electron chi connectivity index (χ1n) is 9.56. The minimum absolute atomic E-state index is 0.0328. The number of anilines is 1. The monoisotopic (exact) mass is 430 g/mol. The lowest BCUT2D eigenvalue weighted by Crippen LogP contribution is -2.14. The fraction of sp³-hybridized carbons (Fsp3) is 0.0800. The highest BCUT2D eigenvalue weighted by molar-refractivity contribution is 6.09. The average Bonchev–Trinajstić information content (AvgIpc) is 2.80. The largest absolute Gasteiger partial charge is 0.493 e. The van der Waals surface area contributed by atoms with Crippen molar-refractivity contribution < 1.29 is 23.5 Å². The molecule has 3 rings (SSSR count). The summed E-state index contributed by atoms with van der Waals surface area (Å²) in [6.07, 6.45) is 1.32. The van der Waals surface area contributed by atoms with Crippen molar-refractivity contribution in [2.75, 3.05) is 12.4 Å². The molecule has 0 heterocycles. The maximum absolute atomic E-state index is 13.8. The highest BCUT2D eigenvalue weighted by Gasteiger charge is 2.15. The van der Waals surface area contributed by atoms with Crippen LogP contribution in [-0.2, 0) is 4.79 Å². The number of nitriles is 1. The zero-order valence-corrected chi connectivity index (χ0v) is 17.4. The van der Waals surface area contributed by atoms with Gasteiger partial charge >= 0.3 is 5.97 Å². The molecule has 0 aromatic heterocycles. The Balaban J connectivity index is 1.80. The molecule has 3 aromatic rings. The van der Waals surface area contributed by atoms with Crippen molar-refractivity contribution in [3.63, 3.8) is 0 Å². The summed E-state index contributed by atoms with van der Waals surface area (Å²) in [6, 6.07) is 19.0. The molecule has 0 atom stereocenters. The molecule has 0 fully saturated rings. The summed E-state index contributed by atoms with van der Waals surface area (Å²) < 4.78 is 24.5. The Hall–Kier alpha value is -4.44. The summed E-state index contributed by atoms with van der Waals surface area (Å²) in [5, 5.41) is 11.7. The summed E-state index contributed by atoms with van der Waals surface area (Å²) >= 11 is 0. The van der Waals surface area contributed by atoms with Gasteiger partial charge in [-0.2, -0.15) is 5.26 Å². The number of esters is 1. The number of aryl methyl sites for hydroxylation is 1. The lowest BCUT2D eigenvalue weighted by molar-refractivity contribution is -0.112. The van der Waals surface area contributed by atoms with Crippen molar-refractivity contribution in [2.45, 2.75) is 6.92 Å². The third-order valence-electron chi connectivity index (χ3n) is 4.48. The van der Waals surface area contributed by atoms with Crippen LogP contribution in [0.25, 0.3) is 6.08 Å². The molecule has 0 aliphatic heterocycles. The van der Waals surface area contributed by atoms with E-state index in [0.717, 1.165) is 5.56 Å². The van der Waals surface area contributed by atoms with E-state index in [1.807, 2.05) is 6.92 Å². The van der Waals surface area contributed by atoms with Crippen LogP contribution in [0.2, 0.25) is 0 Å². The minimum Gasteiger partial charge on any atom is -0.493 e. The van der Waals surface area contributed by atoms with Crippen LogP contribution in [0.4, 0.5) is 10.1 Å². The van der Waals surface area contributed by atoms with Crippen LogP contribution < -0.4 is 14.8 Å². The van der Waals surface area contributed by atoms with E-state index in [2.05, 4.69) is 5.32 Å². The Morgan fingerprint density at radius 3 is 2.41 bits per heavy atom. The zero-order valence-electron chi connectivity index (χ0n) is 17.4. The van der Waals surface area contributed by atoms with Crippen LogP contribution in [0.15, 0.2) is 72.3 Å². The molecular formula is C25H19FN2O4. The molecule has 160 valence electrons. The smallest absolute Gasteiger partial charge is 0.343 e. The molecule has 0 saturated carbocycles. The van der Waals surface area contributed by atoms with E-state index in [4.69, 9.17) is 9.47 Å². The molecule has 0 radical (unpaired) electrons. The van der Waals surface area contributed by atoms with E-state index in [9.17, 15) is 19.2 Å². The summed E-state index contributed by atoms with van der Waals surface area (Å²) in [5.74, 6) is -1.49. The number of hydrogen-bond acceptors (Lipinski definition) is 5. The van der Waals surface area contributed by atoms with Crippen LogP contribution in [-0.4, -0.2) is 19.0 Å². The molecule has 6 nitrogen and oxygen atoms in total. The number of nitrogens with one attached hydrogen (secondary N) is 1. The number of benzene rings is 3. The number of ether oxygens (including phenoxy) is 2. The predicted molar refractivity (Wildman–Crippen MR) is 118 cm³/mol. The predicted octanol–water partition coefficient (Wildman–Crippen LogP) is 4.91. The molecule has 7 heteroatoms. The standard InChI is InChI=1S/C25H19FN2O4/c1-16-7-10-18(11-8-16)25(30)32-22-12-9-17(14-23(22)31-2)13-19(15-27)24(29)28-21-6-4-3-5-20(21)26/h3-14H,1-2H3,(H,28,29)/b19-13+. The first-order valence-corrected chi connectivity index (χ1v) is 9.56. The lowest BCUT2D eigenvalue weighted by atomic mass is 10.1. The van der Waals surface area contributed by atoms with Crippen molar-refractivity contribution in [1.82, 2.24) is 0 Å².